The summed E-state index contributed by atoms with van der Waals surface area (Å²) in [5.41, 5.74) is 10.6. The predicted octanol–water partition coefficient (Wildman–Crippen LogP) is 2.46. The van der Waals surface area contributed by atoms with Gasteiger partial charge in [-0.25, -0.2) is 0 Å². The highest BCUT2D eigenvalue weighted by Crippen LogP contribution is 2.30. The molecule has 0 aliphatic heterocycles. The van der Waals surface area contributed by atoms with Crippen LogP contribution in [0.4, 0.5) is 11.4 Å². The highest BCUT2D eigenvalue weighted by Gasteiger charge is 2.10. The minimum absolute atomic E-state index is 0.881. The maximum atomic E-state index is 5.99. The number of nitrogens with zero attached hydrogens (tertiary/aromatic N) is 1. The number of hydrogen-bond donors (Lipinski definition) is 1. The second-order valence-electron chi connectivity index (χ2n) is 3.95. The molecule has 15 heavy (non-hydrogen) atoms. The van der Waals surface area contributed by atoms with Crippen LogP contribution in [-0.2, 0) is 6.42 Å². The first-order valence-corrected chi connectivity index (χ1v) is 5.12. The second kappa shape index (κ2) is 3.81. The van der Waals surface area contributed by atoms with Crippen LogP contribution >= 0.6 is 0 Å². The van der Waals surface area contributed by atoms with Gasteiger partial charge in [-0.2, -0.15) is 0 Å². The van der Waals surface area contributed by atoms with Gasteiger partial charge in [0.2, 0.25) is 0 Å². The van der Waals surface area contributed by atoms with E-state index in [0.29, 0.717) is 0 Å². The molecular weight excluding hydrogens is 184 g/mol. The van der Waals surface area contributed by atoms with Crippen molar-refractivity contribution < 1.29 is 0 Å². The normalized spacial score (nSPS) is 13.5. The summed E-state index contributed by atoms with van der Waals surface area (Å²) in [5, 5.41) is 0. The lowest BCUT2D eigenvalue weighted by atomic mass is 10.0. The molecule has 0 bridgehead atoms. The highest BCUT2D eigenvalue weighted by atomic mass is 15.1. The zero-order valence-corrected chi connectivity index (χ0v) is 9.20. The van der Waals surface area contributed by atoms with E-state index in [2.05, 4.69) is 49.4 Å². The maximum absolute atomic E-state index is 5.99. The fraction of sp³-hybridized carbons (Fsp3) is 0.231. The molecule has 0 saturated heterocycles. The first kappa shape index (κ1) is 9.84. The van der Waals surface area contributed by atoms with Crippen LogP contribution in [0.1, 0.15) is 11.1 Å². The van der Waals surface area contributed by atoms with E-state index < -0.39 is 0 Å². The first-order valence-electron chi connectivity index (χ1n) is 5.12. The number of fused-ring (bicyclic) bond motifs is 1. The van der Waals surface area contributed by atoms with Gasteiger partial charge < -0.3 is 10.6 Å². The Morgan fingerprint density at radius 3 is 2.73 bits per heavy atom. The Balaban J connectivity index is 2.63. The molecule has 2 nitrogen and oxygen atoms in total. The largest absolute Gasteiger partial charge is 0.398 e. The van der Waals surface area contributed by atoms with Crippen molar-refractivity contribution in [2.24, 2.45) is 0 Å². The average Bonchev–Trinajstić information content (AvgIpc) is 2.43. The third kappa shape index (κ3) is 1.75. The molecule has 0 spiro atoms. The number of allylic oxidation sites excluding steroid dienone is 3. The van der Waals surface area contributed by atoms with Crippen LogP contribution in [0.3, 0.4) is 0 Å². The van der Waals surface area contributed by atoms with Gasteiger partial charge in [-0.3, -0.25) is 0 Å². The Hall–Kier alpha value is -1.70. The van der Waals surface area contributed by atoms with Crippen LogP contribution in [0, 0.1) is 0 Å². The van der Waals surface area contributed by atoms with Crippen LogP contribution in [0.5, 0.6) is 0 Å². The van der Waals surface area contributed by atoms with Crippen molar-refractivity contribution in [1.82, 2.24) is 0 Å². The Kier molecular flexibility index (Phi) is 2.50. The van der Waals surface area contributed by atoms with Gasteiger partial charge in [0.05, 0.1) is 0 Å². The Labute approximate surface area is 90.7 Å². The molecule has 1 aliphatic rings. The molecule has 0 atom stereocenters. The van der Waals surface area contributed by atoms with Gasteiger partial charge in [-0.1, -0.05) is 24.3 Å². The molecule has 0 heterocycles. The molecule has 2 N–H and O–H groups in total. The molecule has 0 aromatic heterocycles. The molecule has 1 aliphatic carbocycles. The van der Waals surface area contributed by atoms with E-state index in [-0.39, 0.29) is 0 Å². The summed E-state index contributed by atoms with van der Waals surface area (Å²) in [7, 11) is 4.11. The Morgan fingerprint density at radius 2 is 2.00 bits per heavy atom. The number of hydrogen-bond acceptors (Lipinski definition) is 2. The zero-order chi connectivity index (χ0) is 10.8. The van der Waals surface area contributed by atoms with Crippen molar-refractivity contribution >= 4 is 17.5 Å². The van der Waals surface area contributed by atoms with E-state index in [9.17, 15) is 0 Å². The summed E-state index contributed by atoms with van der Waals surface area (Å²) in [4.78, 5) is 2.12. The third-order valence-electron chi connectivity index (χ3n) is 2.68. The Morgan fingerprint density at radius 1 is 1.20 bits per heavy atom. The molecule has 2 heteroatoms. The number of nitrogen functional groups attached to an aromatic ring is 1. The summed E-state index contributed by atoms with van der Waals surface area (Å²) in [6.07, 6.45) is 9.32. The minimum atomic E-state index is 0.881. The maximum Gasteiger partial charge on any atom is 0.0439 e. The quantitative estimate of drug-likeness (QED) is 0.706. The number of anilines is 2. The van der Waals surface area contributed by atoms with Gasteiger partial charge in [-0.05, 0) is 24.1 Å². The number of rotatable bonds is 1. The fourth-order valence-corrected chi connectivity index (χ4v) is 1.89. The standard InChI is InChI=1S/C13H16N2/c1-15(2)13-9-8-12(14)10-6-4-3-5-7-11(10)13/h3-5,7-9H,6,14H2,1-2H3. The molecule has 2 rings (SSSR count). The lowest BCUT2D eigenvalue weighted by molar-refractivity contribution is 1.12. The molecule has 1 aromatic rings. The van der Waals surface area contributed by atoms with Gasteiger partial charge >= 0.3 is 0 Å². The highest BCUT2D eigenvalue weighted by molar-refractivity contribution is 5.76. The molecule has 0 amide bonds. The smallest absolute Gasteiger partial charge is 0.0439 e. The van der Waals surface area contributed by atoms with E-state index >= 15 is 0 Å². The summed E-state index contributed by atoms with van der Waals surface area (Å²) >= 11 is 0. The van der Waals surface area contributed by atoms with E-state index in [1.165, 1.54) is 16.8 Å². The fourth-order valence-electron chi connectivity index (χ4n) is 1.89. The topological polar surface area (TPSA) is 29.3 Å². The lowest BCUT2D eigenvalue weighted by Crippen LogP contribution is -2.12. The monoisotopic (exact) mass is 200 g/mol. The molecule has 0 unspecified atom stereocenters. The van der Waals surface area contributed by atoms with Gasteiger partial charge in [0, 0.05) is 31.0 Å². The SMILES string of the molecule is CN(C)c1ccc(N)c2c1C=CC=CC2. The molecule has 1 aromatic carbocycles. The van der Waals surface area contributed by atoms with Crippen molar-refractivity contribution in [2.45, 2.75) is 6.42 Å². The summed E-state index contributed by atoms with van der Waals surface area (Å²) in [6.45, 7) is 0. The van der Waals surface area contributed by atoms with Crippen LogP contribution < -0.4 is 10.6 Å². The number of nitrogens with two attached hydrogens (primary N) is 1. The van der Waals surface area contributed by atoms with E-state index in [1.54, 1.807) is 0 Å². The molecule has 78 valence electrons. The second-order valence-corrected chi connectivity index (χ2v) is 3.95. The molecule has 0 saturated carbocycles. The van der Waals surface area contributed by atoms with Crippen LogP contribution in [0.15, 0.2) is 30.4 Å². The van der Waals surface area contributed by atoms with Crippen molar-refractivity contribution in [1.29, 1.82) is 0 Å². The van der Waals surface area contributed by atoms with Crippen LogP contribution in [-0.4, -0.2) is 14.1 Å². The summed E-state index contributed by atoms with van der Waals surface area (Å²) in [6, 6.07) is 4.06. The van der Waals surface area contributed by atoms with Gasteiger partial charge in [0.25, 0.3) is 0 Å². The van der Waals surface area contributed by atoms with E-state index in [1.807, 2.05) is 6.07 Å². The summed E-state index contributed by atoms with van der Waals surface area (Å²) in [5.74, 6) is 0. The van der Waals surface area contributed by atoms with Gasteiger partial charge in [0.15, 0.2) is 0 Å². The average molecular weight is 200 g/mol. The van der Waals surface area contributed by atoms with Gasteiger partial charge in [-0.15, -0.1) is 0 Å². The first-order chi connectivity index (χ1) is 7.20. The zero-order valence-electron chi connectivity index (χ0n) is 9.20. The van der Waals surface area contributed by atoms with Crippen LogP contribution in [0.2, 0.25) is 0 Å². The molecule has 0 fully saturated rings. The predicted molar refractivity (Wildman–Crippen MR) is 67.1 cm³/mol. The lowest BCUT2D eigenvalue weighted by Gasteiger charge is -2.19. The molecule has 0 radical (unpaired) electrons. The van der Waals surface area contributed by atoms with Crippen LogP contribution in [0.25, 0.3) is 6.08 Å². The number of benzene rings is 1. The van der Waals surface area contributed by atoms with E-state index in [0.717, 1.165) is 12.1 Å². The minimum Gasteiger partial charge on any atom is -0.398 e. The van der Waals surface area contributed by atoms with Gasteiger partial charge in [0.1, 0.15) is 0 Å². The van der Waals surface area contributed by atoms with Crippen molar-refractivity contribution in [3.8, 4) is 0 Å². The Bertz CT molecular complexity index is 428. The third-order valence-corrected chi connectivity index (χ3v) is 2.68. The van der Waals surface area contributed by atoms with Crippen molar-refractivity contribution in [2.75, 3.05) is 24.7 Å². The van der Waals surface area contributed by atoms with E-state index in [4.69, 9.17) is 5.73 Å². The van der Waals surface area contributed by atoms with Crippen molar-refractivity contribution in [3.63, 3.8) is 0 Å². The summed E-state index contributed by atoms with van der Waals surface area (Å²) < 4.78 is 0. The van der Waals surface area contributed by atoms with Crippen molar-refractivity contribution in [3.05, 3.63) is 41.5 Å². The molecular formula is C13H16N2.